The molecule has 3 N–H and O–H groups in total. The number of hydrogen-bond donors (Lipinski definition) is 3. The van der Waals surface area contributed by atoms with Crippen LogP contribution in [0.3, 0.4) is 0 Å². The Labute approximate surface area is 278 Å². The van der Waals surface area contributed by atoms with Gasteiger partial charge in [0.25, 0.3) is 5.91 Å². The molecule has 1 fully saturated rings. The van der Waals surface area contributed by atoms with Gasteiger partial charge in [-0.25, -0.2) is 23.9 Å². The zero-order valence-electron chi connectivity index (χ0n) is 27.2. The lowest BCUT2D eigenvalue weighted by molar-refractivity contribution is -0.159. The molecule has 48 heavy (non-hydrogen) atoms. The minimum atomic E-state index is -1.50. The summed E-state index contributed by atoms with van der Waals surface area (Å²) in [5.41, 5.74) is 0.599. The van der Waals surface area contributed by atoms with Gasteiger partial charge in [-0.3, -0.25) is 14.9 Å². The lowest BCUT2D eigenvalue weighted by atomic mass is 9.93. The summed E-state index contributed by atoms with van der Waals surface area (Å²) in [7, 11) is 0. The number of halogens is 1. The van der Waals surface area contributed by atoms with Gasteiger partial charge >= 0.3 is 12.1 Å². The van der Waals surface area contributed by atoms with Gasteiger partial charge in [-0.05, 0) is 38.0 Å². The van der Waals surface area contributed by atoms with E-state index < -0.39 is 60.1 Å². The zero-order chi connectivity index (χ0) is 34.6. The third kappa shape index (κ3) is 10.6. The number of pyridine rings is 1. The predicted octanol–water partition coefficient (Wildman–Crippen LogP) is 3.93. The van der Waals surface area contributed by atoms with Gasteiger partial charge in [-0.15, -0.1) is 0 Å². The summed E-state index contributed by atoms with van der Waals surface area (Å²) < 4.78 is 31.5. The quantitative estimate of drug-likeness (QED) is 0.406. The van der Waals surface area contributed by atoms with Crippen LogP contribution in [-0.4, -0.2) is 88.0 Å². The van der Waals surface area contributed by atoms with E-state index in [9.17, 15) is 28.7 Å². The summed E-state index contributed by atoms with van der Waals surface area (Å²) in [5, 5.41) is 15.6. The molecule has 2 aliphatic rings. The number of cyclic esters (lactones) is 1. The summed E-state index contributed by atoms with van der Waals surface area (Å²) in [6.45, 7) is 5.58. The number of anilines is 1. The van der Waals surface area contributed by atoms with Gasteiger partial charge < -0.3 is 29.2 Å². The maximum Gasteiger partial charge on any atom is 0.412 e. The fourth-order valence-electron chi connectivity index (χ4n) is 5.51. The number of nitrogens with zero attached hydrogens (tertiary/aromatic N) is 3. The molecule has 258 valence electrons. The van der Waals surface area contributed by atoms with Crippen molar-refractivity contribution in [3.63, 3.8) is 0 Å². The van der Waals surface area contributed by atoms with Crippen LogP contribution < -0.4 is 10.6 Å². The fourth-order valence-corrected chi connectivity index (χ4v) is 5.51. The molecule has 0 radical (unpaired) electrons. The van der Waals surface area contributed by atoms with Crippen molar-refractivity contribution in [2.24, 2.45) is 11.8 Å². The molecule has 14 heteroatoms. The molecule has 13 nitrogen and oxygen atoms in total. The minimum absolute atomic E-state index is 0.00677. The number of oxazole rings is 1. The predicted molar refractivity (Wildman–Crippen MR) is 172 cm³/mol. The molecular formula is C34H42FN5O8. The average Bonchev–Trinajstić information content (AvgIpc) is 3.73. The Morgan fingerprint density at radius 2 is 2.08 bits per heavy atom. The van der Waals surface area contributed by atoms with Crippen LogP contribution >= 0.6 is 0 Å². The van der Waals surface area contributed by atoms with Crippen molar-refractivity contribution >= 4 is 29.7 Å². The second-order valence-corrected chi connectivity index (χ2v) is 12.0. The minimum Gasteiger partial charge on any atom is -0.460 e. The van der Waals surface area contributed by atoms with Crippen LogP contribution in [0.1, 0.15) is 56.4 Å². The molecule has 1 saturated heterocycles. The number of rotatable bonds is 4. The number of aromatic nitrogens is 2. The Morgan fingerprint density at radius 1 is 1.27 bits per heavy atom. The highest BCUT2D eigenvalue weighted by molar-refractivity contribution is 5.95. The van der Waals surface area contributed by atoms with Crippen molar-refractivity contribution in [3.8, 4) is 0 Å². The van der Waals surface area contributed by atoms with E-state index in [1.54, 1.807) is 57.2 Å². The highest BCUT2D eigenvalue weighted by atomic mass is 19.1. The van der Waals surface area contributed by atoms with Crippen LogP contribution in [0.5, 0.6) is 0 Å². The van der Waals surface area contributed by atoms with Crippen LogP contribution in [0.25, 0.3) is 0 Å². The Morgan fingerprint density at radius 3 is 2.85 bits per heavy atom. The summed E-state index contributed by atoms with van der Waals surface area (Å²) in [4.78, 5) is 61.6. The number of alkyl halides is 1. The summed E-state index contributed by atoms with van der Waals surface area (Å²) >= 11 is 0. The summed E-state index contributed by atoms with van der Waals surface area (Å²) in [6, 6.07) is 4.10. The molecule has 4 rings (SSSR count). The topological polar surface area (TPSA) is 173 Å². The lowest BCUT2D eigenvalue weighted by Crippen LogP contribution is -2.44. The first-order chi connectivity index (χ1) is 23.0. The molecule has 6 atom stereocenters. The third-order valence-electron chi connectivity index (χ3n) is 7.93. The average molecular weight is 668 g/mol. The smallest absolute Gasteiger partial charge is 0.412 e. The molecule has 4 heterocycles. The maximum absolute atomic E-state index is 14.8. The highest BCUT2D eigenvalue weighted by Gasteiger charge is 2.39. The van der Waals surface area contributed by atoms with Gasteiger partial charge in [0.1, 0.15) is 30.4 Å². The van der Waals surface area contributed by atoms with E-state index in [-0.39, 0.29) is 44.1 Å². The van der Waals surface area contributed by atoms with E-state index in [2.05, 4.69) is 20.6 Å². The second-order valence-electron chi connectivity index (χ2n) is 12.0. The van der Waals surface area contributed by atoms with E-state index in [1.807, 2.05) is 0 Å². The number of ether oxygens (including phenoxy) is 2. The lowest BCUT2D eigenvalue weighted by Gasteiger charge is -2.30. The molecule has 0 aromatic carbocycles. The largest absolute Gasteiger partial charge is 0.460 e. The normalized spacial score (nSPS) is 27.8. The molecule has 0 spiro atoms. The van der Waals surface area contributed by atoms with E-state index in [0.29, 0.717) is 24.2 Å². The number of hydrogen-bond acceptors (Lipinski definition) is 10. The molecule has 3 amide bonds. The Bertz CT molecular complexity index is 1510. The first-order valence-electron chi connectivity index (χ1n) is 15.9. The SMILES string of the molecule is CC1=C\[C@@H](O)C[C@@H](F)Cc2nc(co2)C(=O)N2CCC[C@@H]2C(=O)O[C@H]([C@@H](C)COC(=O)Nc2ccccn2)[C@H](C)/C=C/C(=O)NC\C=C\1. The Kier molecular flexibility index (Phi) is 13.0. The molecule has 0 unspecified atom stereocenters. The molecule has 2 aromatic rings. The Balaban J connectivity index is 1.54. The monoisotopic (exact) mass is 667 g/mol. The number of aliphatic hydroxyl groups is 1. The number of aliphatic hydroxyl groups excluding tert-OH is 1. The van der Waals surface area contributed by atoms with Gasteiger partial charge in [0.2, 0.25) is 5.91 Å². The van der Waals surface area contributed by atoms with E-state index in [4.69, 9.17) is 13.9 Å². The van der Waals surface area contributed by atoms with Crippen LogP contribution in [0, 0.1) is 11.8 Å². The van der Waals surface area contributed by atoms with Crippen molar-refractivity contribution in [2.75, 3.05) is 25.0 Å². The van der Waals surface area contributed by atoms with Gasteiger partial charge in [-0.1, -0.05) is 49.8 Å². The molecule has 2 bridgehead atoms. The zero-order valence-corrected chi connectivity index (χ0v) is 27.2. The molecule has 2 aliphatic heterocycles. The van der Waals surface area contributed by atoms with Gasteiger partial charge in [0, 0.05) is 37.5 Å². The number of carbonyl (C=O) groups is 4. The van der Waals surface area contributed by atoms with Crippen LogP contribution in [0.4, 0.5) is 15.0 Å². The second kappa shape index (κ2) is 17.3. The van der Waals surface area contributed by atoms with Gasteiger partial charge in [0.15, 0.2) is 11.6 Å². The van der Waals surface area contributed by atoms with Gasteiger partial charge in [-0.2, -0.15) is 0 Å². The Hall–Kier alpha value is -4.85. The molecule has 2 aromatic heterocycles. The summed E-state index contributed by atoms with van der Waals surface area (Å²) in [5.74, 6) is -2.34. The van der Waals surface area contributed by atoms with Crippen molar-refractivity contribution in [2.45, 2.75) is 70.9 Å². The van der Waals surface area contributed by atoms with E-state index in [0.717, 1.165) is 6.26 Å². The standard InChI is InChI=1S/C34H42FN5O8/c1-21-8-6-14-37-29(42)12-11-22(2)31(23(3)19-47-34(45)39-28-10-4-5-13-36-28)48-33(44)27-9-7-15-40(27)32(43)26-20-46-30(38-26)18-24(35)17-25(41)16-21/h4-6,8,10-13,16,20,22-25,27,31,41H,7,9,14-15,17-19H2,1-3H3,(H,37,42)(H,36,39,45)/b8-6+,12-11+,21-16+/t22-,23+,24-,25-,27-,31+/m1/s1. The van der Waals surface area contributed by atoms with E-state index >= 15 is 0 Å². The number of fused-ring (bicyclic) bond motifs is 3. The maximum atomic E-state index is 14.8. The van der Waals surface area contributed by atoms with E-state index in [1.165, 1.54) is 23.2 Å². The molecular weight excluding hydrogens is 625 g/mol. The number of carbonyl (C=O) groups excluding carboxylic acids is 4. The fraction of sp³-hybridized carbons (Fsp3) is 0.471. The summed E-state index contributed by atoms with van der Waals surface area (Å²) in [6.07, 6.45) is 6.72. The van der Waals surface area contributed by atoms with Crippen LogP contribution in [-0.2, 0) is 25.5 Å². The van der Waals surface area contributed by atoms with Crippen LogP contribution in [0.2, 0.25) is 0 Å². The number of nitrogens with one attached hydrogen (secondary N) is 2. The number of esters is 1. The number of amides is 3. The van der Waals surface area contributed by atoms with Crippen LogP contribution in [0.15, 0.2) is 71.0 Å². The first-order valence-corrected chi connectivity index (χ1v) is 15.9. The van der Waals surface area contributed by atoms with Crippen molar-refractivity contribution in [3.05, 3.63) is 78.2 Å². The number of allylic oxidation sites excluding steroid dienone is 2. The first kappa shape index (κ1) is 36.0. The third-order valence-corrected chi connectivity index (χ3v) is 7.93. The highest BCUT2D eigenvalue weighted by Crippen LogP contribution is 2.26. The van der Waals surface area contributed by atoms with Crippen molar-refractivity contribution in [1.29, 1.82) is 0 Å². The molecule has 0 aliphatic carbocycles. The molecule has 0 saturated carbocycles. The van der Waals surface area contributed by atoms with Gasteiger partial charge in [0.05, 0.1) is 19.1 Å². The van der Waals surface area contributed by atoms with Crippen molar-refractivity contribution < 1.29 is 42.6 Å². The van der Waals surface area contributed by atoms with Crippen molar-refractivity contribution in [1.82, 2.24) is 20.2 Å².